The first kappa shape index (κ1) is 14.0. The van der Waals surface area contributed by atoms with E-state index in [2.05, 4.69) is 5.32 Å². The van der Waals surface area contributed by atoms with Crippen molar-refractivity contribution in [1.82, 2.24) is 5.32 Å². The van der Waals surface area contributed by atoms with E-state index in [1.807, 2.05) is 6.92 Å². The van der Waals surface area contributed by atoms with Gasteiger partial charge in [-0.3, -0.25) is 9.59 Å². The van der Waals surface area contributed by atoms with Crippen LogP contribution in [0.25, 0.3) is 0 Å². The molecule has 1 amide bonds. The lowest BCUT2D eigenvalue weighted by molar-refractivity contribution is -0.146. The van der Waals surface area contributed by atoms with Crippen molar-refractivity contribution in [1.29, 1.82) is 0 Å². The molecule has 1 rings (SSSR count). The van der Waals surface area contributed by atoms with Crippen LogP contribution in [0.15, 0.2) is 0 Å². The Balaban J connectivity index is 2.54. The zero-order valence-corrected chi connectivity index (χ0v) is 10.3. The summed E-state index contributed by atoms with van der Waals surface area (Å²) in [5.41, 5.74) is 5.34. The number of aliphatic carboxylic acids is 1. The number of hydrogen-bond acceptors (Lipinski definition) is 3. The van der Waals surface area contributed by atoms with Gasteiger partial charge in [-0.05, 0) is 31.7 Å². The van der Waals surface area contributed by atoms with Crippen molar-refractivity contribution < 1.29 is 14.7 Å². The largest absolute Gasteiger partial charge is 0.481 e. The van der Waals surface area contributed by atoms with Gasteiger partial charge < -0.3 is 16.2 Å². The minimum atomic E-state index is -0.847. The Morgan fingerprint density at radius 1 is 1.35 bits per heavy atom. The van der Waals surface area contributed by atoms with E-state index in [-0.39, 0.29) is 11.8 Å². The highest BCUT2D eigenvalue weighted by Crippen LogP contribution is 2.38. The molecule has 3 atom stereocenters. The maximum atomic E-state index is 11.9. The maximum absolute atomic E-state index is 11.9. The molecule has 0 heterocycles. The average Bonchev–Trinajstić information content (AvgIpc) is 2.73. The summed E-state index contributed by atoms with van der Waals surface area (Å²) >= 11 is 0. The smallest absolute Gasteiger partial charge is 0.307 e. The molecule has 0 aromatic rings. The second kappa shape index (κ2) is 6.59. The molecule has 5 heteroatoms. The predicted molar refractivity (Wildman–Crippen MR) is 64.3 cm³/mol. The van der Waals surface area contributed by atoms with Crippen molar-refractivity contribution in [2.75, 3.05) is 13.1 Å². The van der Waals surface area contributed by atoms with Crippen LogP contribution < -0.4 is 11.1 Å². The number of rotatable bonds is 6. The third-order valence-electron chi connectivity index (χ3n) is 3.57. The summed E-state index contributed by atoms with van der Waals surface area (Å²) in [5, 5.41) is 11.9. The fourth-order valence-corrected chi connectivity index (χ4v) is 2.48. The summed E-state index contributed by atoms with van der Waals surface area (Å²) in [6.45, 7) is 3.11. The molecule has 0 radical (unpaired) electrons. The van der Waals surface area contributed by atoms with Gasteiger partial charge >= 0.3 is 5.97 Å². The first-order valence-electron chi connectivity index (χ1n) is 6.30. The van der Waals surface area contributed by atoms with Gasteiger partial charge in [-0.1, -0.05) is 13.3 Å². The van der Waals surface area contributed by atoms with E-state index in [0.29, 0.717) is 31.8 Å². The molecule has 0 aromatic heterocycles. The van der Waals surface area contributed by atoms with Crippen LogP contribution in [0, 0.1) is 17.8 Å². The van der Waals surface area contributed by atoms with E-state index >= 15 is 0 Å². The zero-order valence-electron chi connectivity index (χ0n) is 10.3. The quantitative estimate of drug-likeness (QED) is 0.594. The standard InChI is InChI=1S/C12H22N2O3/c1-2-8-6-9(10(7-8)12(16)17)11(15)14-5-3-4-13/h8-10H,2-7,13H2,1H3,(H,14,15)(H,16,17). The Kier molecular flexibility index (Phi) is 5.41. The highest BCUT2D eigenvalue weighted by Gasteiger charge is 2.41. The number of nitrogens with one attached hydrogen (secondary N) is 1. The summed E-state index contributed by atoms with van der Waals surface area (Å²) in [5.74, 6) is -1.49. The van der Waals surface area contributed by atoms with Crippen LogP contribution in [0.5, 0.6) is 0 Å². The van der Waals surface area contributed by atoms with Gasteiger partial charge in [0.15, 0.2) is 0 Å². The minimum absolute atomic E-state index is 0.123. The number of hydrogen-bond donors (Lipinski definition) is 3. The average molecular weight is 242 g/mol. The van der Waals surface area contributed by atoms with Crippen LogP contribution in [0.1, 0.15) is 32.6 Å². The highest BCUT2D eigenvalue weighted by atomic mass is 16.4. The number of nitrogens with two attached hydrogens (primary N) is 1. The molecular weight excluding hydrogens is 220 g/mol. The molecule has 0 aromatic carbocycles. The van der Waals surface area contributed by atoms with E-state index < -0.39 is 11.9 Å². The van der Waals surface area contributed by atoms with Gasteiger partial charge in [0.2, 0.25) is 5.91 Å². The maximum Gasteiger partial charge on any atom is 0.307 e. The molecule has 1 aliphatic rings. The van der Waals surface area contributed by atoms with Gasteiger partial charge in [-0.15, -0.1) is 0 Å². The Morgan fingerprint density at radius 2 is 2.00 bits per heavy atom. The van der Waals surface area contributed by atoms with E-state index in [9.17, 15) is 9.59 Å². The van der Waals surface area contributed by atoms with Crippen LogP contribution >= 0.6 is 0 Å². The normalized spacial score (nSPS) is 28.0. The van der Waals surface area contributed by atoms with Crippen molar-refractivity contribution in [2.45, 2.75) is 32.6 Å². The molecular formula is C12H22N2O3. The topological polar surface area (TPSA) is 92.4 Å². The Hall–Kier alpha value is -1.10. The minimum Gasteiger partial charge on any atom is -0.481 e. The molecule has 1 saturated carbocycles. The lowest BCUT2D eigenvalue weighted by Crippen LogP contribution is -2.36. The van der Waals surface area contributed by atoms with Crippen molar-refractivity contribution in [3.63, 3.8) is 0 Å². The molecule has 4 N–H and O–H groups in total. The first-order chi connectivity index (χ1) is 8.10. The number of carbonyl (C=O) groups is 2. The SMILES string of the molecule is CCC1CC(C(=O)O)C(C(=O)NCCCN)C1. The molecule has 0 spiro atoms. The fraction of sp³-hybridized carbons (Fsp3) is 0.833. The third-order valence-corrected chi connectivity index (χ3v) is 3.57. The monoisotopic (exact) mass is 242 g/mol. The summed E-state index contributed by atoms with van der Waals surface area (Å²) < 4.78 is 0. The van der Waals surface area contributed by atoms with E-state index in [4.69, 9.17) is 10.8 Å². The summed E-state index contributed by atoms with van der Waals surface area (Å²) in [4.78, 5) is 23.0. The van der Waals surface area contributed by atoms with Gasteiger partial charge in [0.1, 0.15) is 0 Å². The van der Waals surface area contributed by atoms with Crippen molar-refractivity contribution in [3.05, 3.63) is 0 Å². The van der Waals surface area contributed by atoms with Crippen molar-refractivity contribution >= 4 is 11.9 Å². The van der Waals surface area contributed by atoms with Crippen molar-refractivity contribution in [3.8, 4) is 0 Å². The molecule has 0 saturated heterocycles. The molecule has 17 heavy (non-hydrogen) atoms. The van der Waals surface area contributed by atoms with Gasteiger partial charge in [-0.2, -0.15) is 0 Å². The van der Waals surface area contributed by atoms with E-state index in [1.165, 1.54) is 0 Å². The van der Waals surface area contributed by atoms with Crippen LogP contribution in [0.3, 0.4) is 0 Å². The van der Waals surface area contributed by atoms with E-state index in [0.717, 1.165) is 12.8 Å². The lowest BCUT2D eigenvalue weighted by Gasteiger charge is -2.15. The van der Waals surface area contributed by atoms with Crippen molar-refractivity contribution in [2.24, 2.45) is 23.5 Å². The second-order valence-corrected chi connectivity index (χ2v) is 4.73. The molecule has 5 nitrogen and oxygen atoms in total. The fourth-order valence-electron chi connectivity index (χ4n) is 2.48. The second-order valence-electron chi connectivity index (χ2n) is 4.73. The predicted octanol–water partition coefficient (Wildman–Crippen LogP) is 0.588. The van der Waals surface area contributed by atoms with Crippen LogP contribution in [0.2, 0.25) is 0 Å². The number of carboxylic acids is 1. The Bertz CT molecular complexity index is 281. The Morgan fingerprint density at radius 3 is 2.53 bits per heavy atom. The van der Waals surface area contributed by atoms with Gasteiger partial charge in [-0.25, -0.2) is 0 Å². The highest BCUT2D eigenvalue weighted by molar-refractivity contribution is 5.85. The van der Waals surface area contributed by atoms with Gasteiger partial charge in [0, 0.05) is 6.54 Å². The molecule has 0 bridgehead atoms. The summed E-state index contributed by atoms with van der Waals surface area (Å²) in [6.07, 6.45) is 2.99. The zero-order chi connectivity index (χ0) is 12.8. The lowest BCUT2D eigenvalue weighted by atomic mass is 9.95. The van der Waals surface area contributed by atoms with E-state index in [1.54, 1.807) is 0 Å². The molecule has 98 valence electrons. The molecule has 1 fully saturated rings. The van der Waals surface area contributed by atoms with Crippen LogP contribution in [-0.4, -0.2) is 30.1 Å². The third kappa shape index (κ3) is 3.70. The number of amides is 1. The first-order valence-corrected chi connectivity index (χ1v) is 6.30. The van der Waals surface area contributed by atoms with Gasteiger partial charge in [0.25, 0.3) is 0 Å². The van der Waals surface area contributed by atoms with Crippen LogP contribution in [0.4, 0.5) is 0 Å². The summed E-state index contributed by atoms with van der Waals surface area (Å²) in [7, 11) is 0. The van der Waals surface area contributed by atoms with Gasteiger partial charge in [0.05, 0.1) is 11.8 Å². The summed E-state index contributed by atoms with van der Waals surface area (Å²) in [6, 6.07) is 0. The number of carbonyl (C=O) groups excluding carboxylic acids is 1. The van der Waals surface area contributed by atoms with Crippen LogP contribution in [-0.2, 0) is 9.59 Å². The number of carboxylic acid groups (broad SMARTS) is 1. The molecule has 0 aliphatic heterocycles. The Labute approximate surface area is 102 Å². The molecule has 3 unspecified atom stereocenters. The molecule has 1 aliphatic carbocycles.